The number of hydroxylamine groups is 2. The quantitative estimate of drug-likeness (QED) is 0.410. The molecule has 0 unspecified atom stereocenters. The van der Waals surface area contributed by atoms with E-state index in [-0.39, 0.29) is 23.9 Å². The normalized spacial score (nSPS) is 17.4. The number of halogens is 2. The van der Waals surface area contributed by atoms with Gasteiger partial charge >= 0.3 is 6.03 Å². The Labute approximate surface area is 218 Å². The standard InChI is InChI=1S/C25H29F2N7O4/c1-14-21(16-10-18(23(35)28-3)24(37-4)29-11-16)32-34(17-8-6-5-7-9-17)22(14)31-25(36)30-19-12-33(13-20(26)27)38-15(19)2/h5-11,15,19-20H,12-13H2,1-4H3,(H,28,35)(H2,30,31,36)/t15-,19+/m0/s1. The molecule has 3 N–H and O–H groups in total. The molecule has 1 aliphatic rings. The summed E-state index contributed by atoms with van der Waals surface area (Å²) < 4.78 is 32.3. The van der Waals surface area contributed by atoms with Crippen LogP contribution in [0.4, 0.5) is 19.4 Å². The van der Waals surface area contributed by atoms with E-state index in [9.17, 15) is 18.4 Å². The van der Waals surface area contributed by atoms with Gasteiger partial charge in [-0.2, -0.15) is 10.2 Å². The summed E-state index contributed by atoms with van der Waals surface area (Å²) in [4.78, 5) is 35.1. The maximum absolute atomic E-state index is 13.0. The first-order chi connectivity index (χ1) is 18.2. The van der Waals surface area contributed by atoms with E-state index >= 15 is 0 Å². The lowest BCUT2D eigenvalue weighted by Gasteiger charge is -2.16. The fraction of sp³-hybridized carbons (Fsp3) is 0.360. The second-order valence-corrected chi connectivity index (χ2v) is 8.68. The van der Waals surface area contributed by atoms with E-state index in [1.165, 1.54) is 20.4 Å². The van der Waals surface area contributed by atoms with Gasteiger partial charge in [0.05, 0.1) is 37.2 Å². The molecule has 1 saturated heterocycles. The molecule has 38 heavy (non-hydrogen) atoms. The van der Waals surface area contributed by atoms with Crippen LogP contribution in [0, 0.1) is 6.92 Å². The monoisotopic (exact) mass is 529 g/mol. The van der Waals surface area contributed by atoms with Gasteiger partial charge in [-0.1, -0.05) is 18.2 Å². The van der Waals surface area contributed by atoms with Crippen LogP contribution in [0.3, 0.4) is 0 Å². The number of pyridine rings is 1. The molecule has 0 spiro atoms. The summed E-state index contributed by atoms with van der Waals surface area (Å²) in [5, 5.41) is 14.1. The van der Waals surface area contributed by atoms with Crippen LogP contribution in [-0.4, -0.2) is 77.6 Å². The molecule has 0 saturated carbocycles. The second kappa shape index (κ2) is 11.5. The van der Waals surface area contributed by atoms with Gasteiger partial charge in [0.15, 0.2) is 0 Å². The highest BCUT2D eigenvalue weighted by atomic mass is 19.3. The number of carbonyl (C=O) groups is 2. The molecule has 0 aliphatic carbocycles. The van der Waals surface area contributed by atoms with Crippen LogP contribution in [0.2, 0.25) is 0 Å². The zero-order chi connectivity index (χ0) is 27.4. The molecule has 1 aliphatic heterocycles. The van der Waals surface area contributed by atoms with E-state index < -0.39 is 31.1 Å². The third kappa shape index (κ3) is 5.73. The summed E-state index contributed by atoms with van der Waals surface area (Å²) in [7, 11) is 2.93. The number of amides is 3. The molecular formula is C25H29F2N7O4. The van der Waals surface area contributed by atoms with Crippen molar-refractivity contribution in [2.24, 2.45) is 0 Å². The number of benzene rings is 1. The average Bonchev–Trinajstić information content (AvgIpc) is 3.41. The summed E-state index contributed by atoms with van der Waals surface area (Å²) in [5.41, 5.74) is 2.57. The fourth-order valence-corrected chi connectivity index (χ4v) is 4.18. The topological polar surface area (TPSA) is 123 Å². The van der Waals surface area contributed by atoms with Gasteiger partial charge in [0.2, 0.25) is 5.88 Å². The van der Waals surface area contributed by atoms with E-state index in [4.69, 9.17) is 14.7 Å². The first kappa shape index (κ1) is 26.9. The summed E-state index contributed by atoms with van der Waals surface area (Å²) in [5.74, 6) is 0.180. The zero-order valence-electron chi connectivity index (χ0n) is 21.4. The lowest BCUT2D eigenvalue weighted by Crippen LogP contribution is -2.44. The van der Waals surface area contributed by atoms with Crippen LogP contribution in [-0.2, 0) is 4.84 Å². The number of nitrogens with zero attached hydrogens (tertiary/aromatic N) is 4. The molecular weight excluding hydrogens is 500 g/mol. The summed E-state index contributed by atoms with van der Waals surface area (Å²) in [6, 6.07) is 9.77. The van der Waals surface area contributed by atoms with Crippen molar-refractivity contribution in [2.45, 2.75) is 32.4 Å². The minimum absolute atomic E-state index is 0.126. The molecule has 4 rings (SSSR count). The van der Waals surface area contributed by atoms with Crippen LogP contribution in [0.25, 0.3) is 16.9 Å². The third-order valence-corrected chi connectivity index (χ3v) is 6.08. The van der Waals surface area contributed by atoms with E-state index in [1.807, 2.05) is 30.3 Å². The number of anilines is 1. The molecule has 3 heterocycles. The molecule has 13 heteroatoms. The lowest BCUT2D eigenvalue weighted by atomic mass is 10.1. The van der Waals surface area contributed by atoms with Gasteiger partial charge in [0, 0.05) is 30.9 Å². The van der Waals surface area contributed by atoms with Crippen LogP contribution in [0.5, 0.6) is 5.88 Å². The molecule has 3 aromatic rings. The number of hydrogen-bond acceptors (Lipinski definition) is 7. The van der Waals surface area contributed by atoms with Crippen molar-refractivity contribution in [2.75, 3.05) is 32.6 Å². The van der Waals surface area contributed by atoms with Gasteiger partial charge < -0.3 is 15.4 Å². The van der Waals surface area contributed by atoms with Crippen molar-refractivity contribution < 1.29 is 27.9 Å². The van der Waals surface area contributed by atoms with Crippen LogP contribution in [0.1, 0.15) is 22.8 Å². The first-order valence-electron chi connectivity index (χ1n) is 11.9. The van der Waals surface area contributed by atoms with E-state index in [2.05, 4.69) is 20.9 Å². The number of para-hydroxylation sites is 1. The Morgan fingerprint density at radius 2 is 2.00 bits per heavy atom. The second-order valence-electron chi connectivity index (χ2n) is 8.68. The van der Waals surface area contributed by atoms with Gasteiger partial charge in [-0.3, -0.25) is 14.9 Å². The highest BCUT2D eigenvalue weighted by molar-refractivity contribution is 5.97. The molecule has 0 bridgehead atoms. The van der Waals surface area contributed by atoms with Crippen molar-refractivity contribution in [3.63, 3.8) is 0 Å². The molecule has 1 fully saturated rings. The smallest absolute Gasteiger partial charge is 0.320 e. The molecule has 11 nitrogen and oxygen atoms in total. The van der Waals surface area contributed by atoms with E-state index in [0.29, 0.717) is 28.3 Å². The van der Waals surface area contributed by atoms with Gasteiger partial charge in [0.25, 0.3) is 12.3 Å². The van der Waals surface area contributed by atoms with Crippen LogP contribution < -0.4 is 20.7 Å². The van der Waals surface area contributed by atoms with Crippen molar-refractivity contribution in [3.05, 3.63) is 53.7 Å². The number of ether oxygens (including phenoxy) is 1. The Hall–Kier alpha value is -4.10. The summed E-state index contributed by atoms with van der Waals surface area (Å²) in [6.45, 7) is 3.07. The Kier molecular flexibility index (Phi) is 8.17. The third-order valence-electron chi connectivity index (χ3n) is 6.08. The number of carbonyl (C=O) groups excluding carboxylic acids is 2. The molecule has 2 aromatic heterocycles. The highest BCUT2D eigenvalue weighted by Gasteiger charge is 2.34. The van der Waals surface area contributed by atoms with Gasteiger partial charge in [-0.05, 0) is 32.0 Å². The highest BCUT2D eigenvalue weighted by Crippen LogP contribution is 2.32. The number of urea groups is 1. The van der Waals surface area contributed by atoms with Crippen molar-refractivity contribution in [1.82, 2.24) is 30.5 Å². The maximum atomic E-state index is 13.0. The van der Waals surface area contributed by atoms with Crippen molar-refractivity contribution in [1.29, 1.82) is 0 Å². The lowest BCUT2D eigenvalue weighted by molar-refractivity contribution is -0.159. The largest absolute Gasteiger partial charge is 0.480 e. The minimum atomic E-state index is -2.55. The van der Waals surface area contributed by atoms with Crippen molar-refractivity contribution in [3.8, 4) is 22.8 Å². The fourth-order valence-electron chi connectivity index (χ4n) is 4.18. The van der Waals surface area contributed by atoms with Gasteiger partial charge in [0.1, 0.15) is 11.4 Å². The molecule has 0 radical (unpaired) electrons. The number of alkyl halides is 2. The molecule has 1 aromatic carbocycles. The van der Waals surface area contributed by atoms with Crippen LogP contribution >= 0.6 is 0 Å². The maximum Gasteiger partial charge on any atom is 0.320 e. The van der Waals surface area contributed by atoms with Crippen molar-refractivity contribution >= 4 is 17.8 Å². The van der Waals surface area contributed by atoms with Gasteiger partial charge in [-0.25, -0.2) is 23.2 Å². The number of nitrogens with one attached hydrogen (secondary N) is 3. The Balaban J connectivity index is 1.66. The SMILES string of the molecule is CNC(=O)c1cc(-c2nn(-c3ccccc3)c(NC(=O)N[C@@H]3CN(CC(F)F)O[C@H]3C)c2C)cnc1OC. The number of hydrogen-bond donors (Lipinski definition) is 3. The number of methoxy groups -OCH3 is 1. The predicted octanol–water partition coefficient (Wildman–Crippen LogP) is 3.00. The molecule has 2 atom stereocenters. The predicted molar refractivity (Wildman–Crippen MR) is 136 cm³/mol. The van der Waals surface area contributed by atoms with E-state index in [0.717, 1.165) is 5.06 Å². The Bertz CT molecular complexity index is 1300. The average molecular weight is 530 g/mol. The molecule has 202 valence electrons. The Morgan fingerprint density at radius 1 is 1.26 bits per heavy atom. The zero-order valence-corrected chi connectivity index (χ0v) is 21.4. The summed E-state index contributed by atoms with van der Waals surface area (Å²) >= 11 is 0. The molecule has 3 amide bonds. The Morgan fingerprint density at radius 3 is 2.66 bits per heavy atom. The van der Waals surface area contributed by atoms with E-state index in [1.54, 1.807) is 24.6 Å². The number of rotatable bonds is 8. The summed E-state index contributed by atoms with van der Waals surface area (Å²) in [6.07, 6.45) is -1.49. The minimum Gasteiger partial charge on any atom is -0.480 e. The van der Waals surface area contributed by atoms with Gasteiger partial charge in [-0.15, -0.1) is 0 Å². The first-order valence-corrected chi connectivity index (χ1v) is 11.9. The van der Waals surface area contributed by atoms with Crippen LogP contribution in [0.15, 0.2) is 42.6 Å². The number of aromatic nitrogens is 3.